The monoisotopic (exact) mass is 210 g/mol. The zero-order valence-corrected chi connectivity index (χ0v) is 10.4. The second-order valence-corrected chi connectivity index (χ2v) is 4.48. The highest BCUT2D eigenvalue weighted by atomic mass is 16.2. The standard InChI is InChI=1S/C12H22N2O/c1-6-7-14(10(4)5)12(15)11(8-13)9(2)3/h9-11H,6-7H2,1-5H3. The smallest absolute Gasteiger partial charge is 0.240 e. The van der Waals surface area contributed by atoms with Crippen molar-refractivity contribution >= 4 is 5.91 Å². The molecular weight excluding hydrogens is 188 g/mol. The summed E-state index contributed by atoms with van der Waals surface area (Å²) in [6.45, 7) is 10.6. The highest BCUT2D eigenvalue weighted by Gasteiger charge is 2.27. The van der Waals surface area contributed by atoms with Gasteiger partial charge in [0.05, 0.1) is 6.07 Å². The molecule has 0 aromatic heterocycles. The lowest BCUT2D eigenvalue weighted by Gasteiger charge is -2.29. The zero-order chi connectivity index (χ0) is 12.0. The van der Waals surface area contributed by atoms with Crippen molar-refractivity contribution in [2.24, 2.45) is 11.8 Å². The van der Waals surface area contributed by atoms with E-state index in [9.17, 15) is 4.79 Å². The van der Waals surface area contributed by atoms with Crippen molar-refractivity contribution in [1.29, 1.82) is 5.26 Å². The van der Waals surface area contributed by atoms with E-state index in [-0.39, 0.29) is 17.9 Å². The van der Waals surface area contributed by atoms with Crippen molar-refractivity contribution in [3.8, 4) is 6.07 Å². The van der Waals surface area contributed by atoms with E-state index in [4.69, 9.17) is 5.26 Å². The van der Waals surface area contributed by atoms with Gasteiger partial charge >= 0.3 is 0 Å². The lowest BCUT2D eigenvalue weighted by atomic mass is 9.95. The van der Waals surface area contributed by atoms with Gasteiger partial charge in [0.25, 0.3) is 0 Å². The number of nitriles is 1. The average Bonchev–Trinajstić information content (AvgIpc) is 2.13. The molecule has 0 spiro atoms. The lowest BCUT2D eigenvalue weighted by molar-refractivity contribution is -0.136. The molecular formula is C12H22N2O. The SMILES string of the molecule is CCCN(C(=O)C(C#N)C(C)C)C(C)C. The van der Waals surface area contributed by atoms with Crippen LogP contribution in [0.3, 0.4) is 0 Å². The van der Waals surface area contributed by atoms with Crippen molar-refractivity contribution in [1.82, 2.24) is 4.90 Å². The molecule has 0 N–H and O–H groups in total. The predicted octanol–water partition coefficient (Wildman–Crippen LogP) is 2.43. The largest absolute Gasteiger partial charge is 0.339 e. The molecule has 0 aliphatic heterocycles. The summed E-state index contributed by atoms with van der Waals surface area (Å²) in [6.07, 6.45) is 0.931. The maximum Gasteiger partial charge on any atom is 0.240 e. The number of rotatable bonds is 5. The Morgan fingerprint density at radius 3 is 2.13 bits per heavy atom. The quantitative estimate of drug-likeness (QED) is 0.699. The molecule has 1 atom stereocenters. The molecule has 0 aromatic rings. The van der Waals surface area contributed by atoms with E-state index < -0.39 is 5.92 Å². The van der Waals surface area contributed by atoms with Crippen molar-refractivity contribution in [2.45, 2.75) is 47.1 Å². The zero-order valence-electron chi connectivity index (χ0n) is 10.4. The Hall–Kier alpha value is -1.04. The summed E-state index contributed by atoms with van der Waals surface area (Å²) in [6, 6.07) is 2.28. The summed E-state index contributed by atoms with van der Waals surface area (Å²) in [5.74, 6) is -0.441. The van der Waals surface area contributed by atoms with Gasteiger partial charge in [-0.05, 0) is 26.2 Å². The van der Waals surface area contributed by atoms with Crippen LogP contribution < -0.4 is 0 Å². The minimum atomic E-state index is -0.501. The fourth-order valence-electron chi connectivity index (χ4n) is 1.53. The van der Waals surface area contributed by atoms with Gasteiger partial charge in [0, 0.05) is 12.6 Å². The topological polar surface area (TPSA) is 44.1 Å². The molecule has 0 aromatic carbocycles. The summed E-state index contributed by atoms with van der Waals surface area (Å²) in [5, 5.41) is 8.97. The third kappa shape index (κ3) is 3.91. The van der Waals surface area contributed by atoms with Crippen LogP contribution in [0, 0.1) is 23.2 Å². The molecule has 0 rings (SSSR count). The third-order valence-corrected chi connectivity index (χ3v) is 2.44. The van der Waals surface area contributed by atoms with Gasteiger partial charge in [0.15, 0.2) is 0 Å². The Morgan fingerprint density at radius 2 is 1.87 bits per heavy atom. The van der Waals surface area contributed by atoms with Gasteiger partial charge in [-0.1, -0.05) is 20.8 Å². The summed E-state index contributed by atoms with van der Waals surface area (Å²) in [7, 11) is 0. The molecule has 3 heteroatoms. The Labute approximate surface area is 93.1 Å². The highest BCUT2D eigenvalue weighted by molar-refractivity contribution is 5.81. The minimum absolute atomic E-state index is 0.0237. The van der Waals surface area contributed by atoms with Gasteiger partial charge in [0.1, 0.15) is 5.92 Å². The number of hydrogen-bond acceptors (Lipinski definition) is 2. The van der Waals surface area contributed by atoms with Crippen LogP contribution >= 0.6 is 0 Å². The lowest BCUT2D eigenvalue weighted by Crippen LogP contribution is -2.42. The van der Waals surface area contributed by atoms with Gasteiger partial charge in [-0.25, -0.2) is 0 Å². The van der Waals surface area contributed by atoms with Crippen LogP contribution in [0.15, 0.2) is 0 Å². The first-order valence-electron chi connectivity index (χ1n) is 5.65. The Morgan fingerprint density at radius 1 is 1.33 bits per heavy atom. The van der Waals surface area contributed by atoms with E-state index >= 15 is 0 Å². The first-order valence-corrected chi connectivity index (χ1v) is 5.65. The van der Waals surface area contributed by atoms with Gasteiger partial charge in [0.2, 0.25) is 5.91 Å². The number of carbonyl (C=O) groups is 1. The fourth-order valence-corrected chi connectivity index (χ4v) is 1.53. The van der Waals surface area contributed by atoms with Gasteiger partial charge in [-0.15, -0.1) is 0 Å². The van der Waals surface area contributed by atoms with E-state index in [1.807, 2.05) is 34.6 Å². The molecule has 3 nitrogen and oxygen atoms in total. The molecule has 1 amide bonds. The van der Waals surface area contributed by atoms with Crippen LogP contribution in [0.25, 0.3) is 0 Å². The average molecular weight is 210 g/mol. The fraction of sp³-hybridized carbons (Fsp3) is 0.833. The molecule has 0 radical (unpaired) electrons. The van der Waals surface area contributed by atoms with Crippen LogP contribution in [0.4, 0.5) is 0 Å². The van der Waals surface area contributed by atoms with Gasteiger partial charge in [-0.2, -0.15) is 5.26 Å². The molecule has 0 aliphatic rings. The normalized spacial score (nSPS) is 12.7. The number of nitrogens with zero attached hydrogens (tertiary/aromatic N) is 2. The van der Waals surface area contributed by atoms with Gasteiger partial charge < -0.3 is 4.90 Å². The number of carbonyl (C=O) groups excluding carboxylic acids is 1. The van der Waals surface area contributed by atoms with Crippen LogP contribution in [0.5, 0.6) is 0 Å². The predicted molar refractivity (Wildman–Crippen MR) is 61.1 cm³/mol. The van der Waals surface area contributed by atoms with Crippen LogP contribution in [0.1, 0.15) is 41.0 Å². The van der Waals surface area contributed by atoms with Crippen molar-refractivity contribution in [3.63, 3.8) is 0 Å². The van der Waals surface area contributed by atoms with E-state index in [1.54, 1.807) is 4.90 Å². The van der Waals surface area contributed by atoms with Crippen molar-refractivity contribution in [3.05, 3.63) is 0 Å². The minimum Gasteiger partial charge on any atom is -0.339 e. The van der Waals surface area contributed by atoms with E-state index in [0.717, 1.165) is 13.0 Å². The maximum atomic E-state index is 12.1. The molecule has 0 aliphatic carbocycles. The van der Waals surface area contributed by atoms with Crippen molar-refractivity contribution < 1.29 is 4.79 Å². The molecule has 0 saturated carbocycles. The summed E-state index contributed by atoms with van der Waals surface area (Å²) in [4.78, 5) is 13.9. The summed E-state index contributed by atoms with van der Waals surface area (Å²) < 4.78 is 0. The summed E-state index contributed by atoms with van der Waals surface area (Å²) in [5.41, 5.74) is 0. The Kier molecular flexibility index (Phi) is 6.00. The van der Waals surface area contributed by atoms with Crippen LogP contribution in [-0.4, -0.2) is 23.4 Å². The summed E-state index contributed by atoms with van der Waals surface area (Å²) >= 11 is 0. The number of amides is 1. The Bertz CT molecular complexity index is 240. The first kappa shape index (κ1) is 14.0. The molecule has 0 bridgehead atoms. The van der Waals surface area contributed by atoms with E-state index in [1.165, 1.54) is 0 Å². The van der Waals surface area contributed by atoms with Crippen LogP contribution in [-0.2, 0) is 4.79 Å². The van der Waals surface area contributed by atoms with Crippen LogP contribution in [0.2, 0.25) is 0 Å². The van der Waals surface area contributed by atoms with E-state index in [0.29, 0.717) is 0 Å². The second kappa shape index (κ2) is 6.44. The molecule has 0 saturated heterocycles. The second-order valence-electron chi connectivity index (χ2n) is 4.48. The molecule has 15 heavy (non-hydrogen) atoms. The third-order valence-electron chi connectivity index (χ3n) is 2.44. The number of hydrogen-bond donors (Lipinski definition) is 0. The first-order chi connectivity index (χ1) is 6.95. The van der Waals surface area contributed by atoms with Crippen molar-refractivity contribution in [2.75, 3.05) is 6.54 Å². The van der Waals surface area contributed by atoms with E-state index in [2.05, 4.69) is 6.07 Å². The molecule has 86 valence electrons. The molecule has 1 unspecified atom stereocenters. The molecule has 0 heterocycles. The maximum absolute atomic E-state index is 12.1. The van der Waals surface area contributed by atoms with Gasteiger partial charge in [-0.3, -0.25) is 4.79 Å². The highest BCUT2D eigenvalue weighted by Crippen LogP contribution is 2.15. The molecule has 0 fully saturated rings. The Balaban J connectivity index is 4.69.